The largest absolute Gasteiger partial charge is 0.493 e. The third kappa shape index (κ3) is 3.81. The number of benzene rings is 1. The Bertz CT molecular complexity index is 724. The summed E-state index contributed by atoms with van der Waals surface area (Å²) in [6.45, 7) is 1.16. The van der Waals surface area contributed by atoms with Gasteiger partial charge in [0.05, 0.1) is 26.3 Å². The van der Waals surface area contributed by atoms with Gasteiger partial charge in [0.1, 0.15) is 6.10 Å². The molecule has 1 aliphatic heterocycles. The van der Waals surface area contributed by atoms with Crippen molar-refractivity contribution < 1.29 is 19.0 Å². The maximum absolute atomic E-state index is 12.9. The average molecular weight is 343 g/mol. The molecule has 0 bridgehead atoms. The summed E-state index contributed by atoms with van der Waals surface area (Å²) in [5.41, 5.74) is 0.485. The first-order valence-electron chi connectivity index (χ1n) is 8.17. The van der Waals surface area contributed by atoms with Crippen molar-refractivity contribution in [3.05, 3.63) is 42.2 Å². The average Bonchev–Trinajstić information content (AvgIpc) is 2.67. The minimum absolute atomic E-state index is 0.0990. The Labute approximate surface area is 146 Å². The predicted molar refractivity (Wildman–Crippen MR) is 91.1 cm³/mol. The lowest BCUT2D eigenvalue weighted by molar-refractivity contribution is 0.0512. The highest BCUT2D eigenvalue weighted by molar-refractivity contribution is 5.97. The van der Waals surface area contributed by atoms with Crippen LogP contribution in [0.15, 0.2) is 36.7 Å². The van der Waals surface area contributed by atoms with Crippen molar-refractivity contribution in [2.45, 2.75) is 18.9 Å². The number of carbonyl (C=O) groups is 1. The molecule has 0 aliphatic carbocycles. The van der Waals surface area contributed by atoms with E-state index in [4.69, 9.17) is 14.2 Å². The highest BCUT2D eigenvalue weighted by atomic mass is 16.5. The maximum Gasteiger partial charge on any atom is 0.316 e. The van der Waals surface area contributed by atoms with Crippen LogP contribution in [0.3, 0.4) is 0 Å². The molecule has 1 aliphatic rings. The van der Waals surface area contributed by atoms with Crippen LogP contribution in [0.2, 0.25) is 0 Å². The van der Waals surface area contributed by atoms with Crippen LogP contribution in [0.5, 0.6) is 17.5 Å². The second-order valence-electron chi connectivity index (χ2n) is 5.71. The fourth-order valence-corrected chi connectivity index (χ4v) is 2.94. The Balaban J connectivity index is 1.74. The topological polar surface area (TPSA) is 73.8 Å². The van der Waals surface area contributed by atoms with Gasteiger partial charge >= 0.3 is 6.01 Å². The lowest BCUT2D eigenvalue weighted by atomic mass is 10.1. The van der Waals surface area contributed by atoms with Crippen LogP contribution in [-0.4, -0.2) is 54.2 Å². The van der Waals surface area contributed by atoms with Gasteiger partial charge in [-0.1, -0.05) is 6.07 Å². The molecule has 7 heteroatoms. The molecular formula is C18H21N3O4. The third-order valence-electron chi connectivity index (χ3n) is 4.11. The lowest BCUT2D eigenvalue weighted by Crippen LogP contribution is -2.44. The number of hydrogen-bond donors (Lipinski definition) is 0. The Morgan fingerprint density at radius 2 is 1.96 bits per heavy atom. The Hall–Kier alpha value is -2.83. The minimum Gasteiger partial charge on any atom is -0.493 e. The van der Waals surface area contributed by atoms with Gasteiger partial charge < -0.3 is 19.1 Å². The van der Waals surface area contributed by atoms with Gasteiger partial charge in [-0.15, -0.1) is 0 Å². The summed E-state index contributed by atoms with van der Waals surface area (Å²) in [5.74, 6) is 0.887. The van der Waals surface area contributed by atoms with E-state index in [0.717, 1.165) is 12.8 Å². The number of methoxy groups -OCH3 is 2. The van der Waals surface area contributed by atoms with Crippen molar-refractivity contribution in [2.24, 2.45) is 0 Å². The molecule has 1 aromatic heterocycles. The number of piperidine rings is 1. The molecule has 0 N–H and O–H groups in total. The molecule has 2 heterocycles. The zero-order valence-electron chi connectivity index (χ0n) is 14.3. The summed E-state index contributed by atoms with van der Waals surface area (Å²) in [7, 11) is 3.08. The fraction of sp³-hybridized carbons (Fsp3) is 0.389. The molecule has 0 saturated carbocycles. The summed E-state index contributed by atoms with van der Waals surface area (Å²) in [6, 6.07) is 7.36. The summed E-state index contributed by atoms with van der Waals surface area (Å²) in [4.78, 5) is 22.9. The van der Waals surface area contributed by atoms with E-state index in [0.29, 0.717) is 36.2 Å². The maximum atomic E-state index is 12.9. The zero-order chi connectivity index (χ0) is 17.6. The molecule has 25 heavy (non-hydrogen) atoms. The fourth-order valence-electron chi connectivity index (χ4n) is 2.94. The predicted octanol–water partition coefficient (Wildman–Crippen LogP) is 2.18. The van der Waals surface area contributed by atoms with Gasteiger partial charge in [0.15, 0.2) is 11.5 Å². The van der Waals surface area contributed by atoms with Gasteiger partial charge in [-0.05, 0) is 31.0 Å². The minimum atomic E-state index is -0.128. The van der Waals surface area contributed by atoms with E-state index in [1.807, 2.05) is 0 Å². The molecule has 2 aromatic rings. The molecular weight excluding hydrogens is 322 g/mol. The third-order valence-corrected chi connectivity index (χ3v) is 4.11. The summed E-state index contributed by atoms with van der Waals surface area (Å²) >= 11 is 0. The molecule has 1 aromatic carbocycles. The Morgan fingerprint density at radius 3 is 2.68 bits per heavy atom. The van der Waals surface area contributed by atoms with Crippen LogP contribution in [0.25, 0.3) is 0 Å². The lowest BCUT2D eigenvalue weighted by Gasteiger charge is -2.32. The number of carbonyl (C=O) groups excluding carboxylic acids is 1. The van der Waals surface area contributed by atoms with E-state index >= 15 is 0 Å². The number of hydrogen-bond acceptors (Lipinski definition) is 6. The number of rotatable bonds is 5. The standard InChI is InChI=1S/C18H21N3O4/c1-23-15-8-3-7-14(16(15)24-2)17(22)21-11-4-6-13(12-21)25-18-19-9-5-10-20-18/h3,5,7-10,13H,4,6,11-12H2,1-2H3. The van der Waals surface area contributed by atoms with E-state index in [9.17, 15) is 4.79 Å². The normalized spacial score (nSPS) is 17.0. The van der Waals surface area contributed by atoms with Gasteiger partial charge in [0.25, 0.3) is 5.91 Å². The summed E-state index contributed by atoms with van der Waals surface area (Å²) in [5, 5.41) is 0. The first kappa shape index (κ1) is 17.0. The van der Waals surface area contributed by atoms with Crippen molar-refractivity contribution in [1.29, 1.82) is 0 Å². The van der Waals surface area contributed by atoms with Crippen LogP contribution in [-0.2, 0) is 0 Å². The number of nitrogens with zero attached hydrogens (tertiary/aromatic N) is 3. The number of ether oxygens (including phenoxy) is 3. The van der Waals surface area contributed by atoms with Gasteiger partial charge in [-0.2, -0.15) is 0 Å². The van der Waals surface area contributed by atoms with Crippen LogP contribution < -0.4 is 14.2 Å². The molecule has 1 saturated heterocycles. The van der Waals surface area contributed by atoms with E-state index < -0.39 is 0 Å². The first-order valence-corrected chi connectivity index (χ1v) is 8.17. The highest BCUT2D eigenvalue weighted by Crippen LogP contribution is 2.32. The smallest absolute Gasteiger partial charge is 0.316 e. The molecule has 0 radical (unpaired) electrons. The van der Waals surface area contributed by atoms with Gasteiger partial charge in [-0.25, -0.2) is 9.97 Å². The molecule has 3 rings (SSSR count). The number of amides is 1. The monoisotopic (exact) mass is 343 g/mol. The van der Waals surface area contributed by atoms with Crippen LogP contribution in [0, 0.1) is 0 Å². The van der Waals surface area contributed by atoms with Crippen molar-refractivity contribution in [3.8, 4) is 17.5 Å². The van der Waals surface area contributed by atoms with Gasteiger partial charge in [0, 0.05) is 18.9 Å². The Morgan fingerprint density at radius 1 is 1.16 bits per heavy atom. The van der Waals surface area contributed by atoms with Crippen molar-refractivity contribution in [3.63, 3.8) is 0 Å². The van der Waals surface area contributed by atoms with Gasteiger partial charge in [-0.3, -0.25) is 4.79 Å². The first-order chi connectivity index (χ1) is 12.2. The molecule has 1 atom stereocenters. The van der Waals surface area contributed by atoms with E-state index in [-0.39, 0.29) is 12.0 Å². The molecule has 7 nitrogen and oxygen atoms in total. The molecule has 1 unspecified atom stereocenters. The quantitative estimate of drug-likeness (QED) is 0.828. The number of para-hydroxylation sites is 1. The van der Waals surface area contributed by atoms with Crippen LogP contribution in [0.1, 0.15) is 23.2 Å². The Kier molecular flexibility index (Phi) is 5.33. The molecule has 1 amide bonds. The van der Waals surface area contributed by atoms with Crippen molar-refractivity contribution in [1.82, 2.24) is 14.9 Å². The molecule has 1 fully saturated rings. The van der Waals surface area contributed by atoms with Crippen molar-refractivity contribution >= 4 is 5.91 Å². The van der Waals surface area contributed by atoms with Crippen LogP contribution >= 0.6 is 0 Å². The van der Waals surface area contributed by atoms with Crippen LogP contribution in [0.4, 0.5) is 0 Å². The van der Waals surface area contributed by atoms with E-state index in [1.54, 1.807) is 48.7 Å². The molecule has 0 spiro atoms. The summed E-state index contributed by atoms with van der Waals surface area (Å²) < 4.78 is 16.5. The second-order valence-corrected chi connectivity index (χ2v) is 5.71. The van der Waals surface area contributed by atoms with Gasteiger partial charge in [0.2, 0.25) is 0 Å². The number of likely N-dealkylation sites (tertiary alicyclic amines) is 1. The molecule has 132 valence electrons. The van der Waals surface area contributed by atoms with E-state index in [1.165, 1.54) is 7.11 Å². The van der Waals surface area contributed by atoms with E-state index in [2.05, 4.69) is 9.97 Å². The number of aromatic nitrogens is 2. The second kappa shape index (κ2) is 7.83. The highest BCUT2D eigenvalue weighted by Gasteiger charge is 2.28. The zero-order valence-corrected chi connectivity index (χ0v) is 14.3. The summed E-state index contributed by atoms with van der Waals surface area (Å²) in [6.07, 6.45) is 4.86. The SMILES string of the molecule is COc1cccc(C(=O)N2CCCC(Oc3ncccn3)C2)c1OC. The van der Waals surface area contributed by atoms with Crippen molar-refractivity contribution in [2.75, 3.05) is 27.3 Å².